The Balaban J connectivity index is 2.39. The molecule has 3 N–H and O–H groups in total. The molecule has 0 atom stereocenters. The van der Waals surface area contributed by atoms with Gasteiger partial charge in [0.25, 0.3) is 0 Å². The van der Waals surface area contributed by atoms with E-state index >= 15 is 0 Å². The van der Waals surface area contributed by atoms with Gasteiger partial charge in [-0.1, -0.05) is 0 Å². The largest absolute Gasteiger partial charge is 0.320 e. The highest BCUT2D eigenvalue weighted by Gasteiger charge is 2.10. The molecule has 92 valence electrons. The Bertz CT molecular complexity index is 413. The van der Waals surface area contributed by atoms with Gasteiger partial charge in [0.1, 0.15) is 0 Å². The minimum Gasteiger partial charge on any atom is -0.320 e. The fraction of sp³-hybridized carbons (Fsp3) is 0.667. The molecule has 1 heterocycles. The quantitative estimate of drug-likeness (QED) is 0.579. The lowest BCUT2D eigenvalue weighted by Crippen LogP contribution is -2.27. The zero-order valence-electron chi connectivity index (χ0n) is 9.58. The van der Waals surface area contributed by atoms with Crippen LogP contribution in [0.2, 0.25) is 0 Å². The summed E-state index contributed by atoms with van der Waals surface area (Å²) >= 11 is 0. The summed E-state index contributed by atoms with van der Waals surface area (Å²) in [5.74, 6) is 0.144. The molecule has 1 aromatic heterocycles. The van der Waals surface area contributed by atoms with E-state index in [9.17, 15) is 8.42 Å². The molecular formula is C9H18N4O2S. The van der Waals surface area contributed by atoms with Crippen molar-refractivity contribution in [1.82, 2.24) is 20.2 Å². The molecule has 0 amide bonds. The average Bonchev–Trinajstić information content (AvgIpc) is 2.62. The molecular weight excluding hydrogens is 228 g/mol. The third-order valence-corrected chi connectivity index (χ3v) is 3.67. The van der Waals surface area contributed by atoms with Crippen molar-refractivity contribution in [2.45, 2.75) is 19.9 Å². The highest BCUT2D eigenvalue weighted by Crippen LogP contribution is 2.02. The number of nitrogens with one attached hydrogen (secondary N) is 3. The van der Waals surface area contributed by atoms with E-state index in [1.807, 2.05) is 6.92 Å². The van der Waals surface area contributed by atoms with Gasteiger partial charge in [-0.2, -0.15) is 5.10 Å². The van der Waals surface area contributed by atoms with Gasteiger partial charge >= 0.3 is 0 Å². The van der Waals surface area contributed by atoms with Crippen molar-refractivity contribution in [1.29, 1.82) is 0 Å². The second-order valence-electron chi connectivity index (χ2n) is 3.62. The predicted octanol–water partition coefficient (Wildman–Crippen LogP) is -0.253. The highest BCUT2D eigenvalue weighted by atomic mass is 32.2. The molecule has 0 saturated heterocycles. The van der Waals surface area contributed by atoms with Gasteiger partial charge in [0.15, 0.2) is 0 Å². The van der Waals surface area contributed by atoms with Crippen LogP contribution in [0.4, 0.5) is 0 Å². The molecule has 0 unspecified atom stereocenters. The van der Waals surface area contributed by atoms with Gasteiger partial charge < -0.3 is 5.32 Å². The zero-order chi connectivity index (χ0) is 12.0. The summed E-state index contributed by atoms with van der Waals surface area (Å²) < 4.78 is 25.6. The molecule has 0 saturated carbocycles. The van der Waals surface area contributed by atoms with Crippen LogP contribution in [0.15, 0.2) is 6.20 Å². The SMILES string of the molecule is CNCCCS(=O)(=O)NCc1cn[nH]c1C. The molecule has 0 fully saturated rings. The lowest BCUT2D eigenvalue weighted by Gasteiger charge is -2.05. The second-order valence-corrected chi connectivity index (χ2v) is 5.54. The molecule has 0 aliphatic carbocycles. The number of aromatic amines is 1. The van der Waals surface area contributed by atoms with E-state index in [4.69, 9.17) is 0 Å². The first kappa shape index (κ1) is 13.1. The lowest BCUT2D eigenvalue weighted by atomic mass is 10.3. The Labute approximate surface area is 95.9 Å². The maximum Gasteiger partial charge on any atom is 0.211 e. The molecule has 6 nitrogen and oxygen atoms in total. The summed E-state index contributed by atoms with van der Waals surface area (Å²) in [6.07, 6.45) is 2.24. The van der Waals surface area contributed by atoms with Crippen LogP contribution in [0, 0.1) is 6.92 Å². The first-order valence-corrected chi connectivity index (χ1v) is 6.81. The van der Waals surface area contributed by atoms with Gasteiger partial charge in [-0.05, 0) is 26.9 Å². The fourth-order valence-electron chi connectivity index (χ4n) is 1.25. The van der Waals surface area contributed by atoms with Crippen LogP contribution < -0.4 is 10.0 Å². The summed E-state index contributed by atoms with van der Waals surface area (Å²) in [5, 5.41) is 9.50. The number of sulfonamides is 1. The van der Waals surface area contributed by atoms with Crippen LogP contribution in [-0.2, 0) is 16.6 Å². The Morgan fingerprint density at radius 1 is 1.50 bits per heavy atom. The molecule has 1 aromatic rings. The highest BCUT2D eigenvalue weighted by molar-refractivity contribution is 7.89. The van der Waals surface area contributed by atoms with Crippen LogP contribution in [0.5, 0.6) is 0 Å². The zero-order valence-corrected chi connectivity index (χ0v) is 10.4. The topological polar surface area (TPSA) is 86.9 Å². The number of hydrogen-bond acceptors (Lipinski definition) is 4. The van der Waals surface area contributed by atoms with Crippen molar-refractivity contribution in [2.24, 2.45) is 0 Å². The number of aryl methyl sites for hydroxylation is 1. The summed E-state index contributed by atoms with van der Waals surface area (Å²) in [4.78, 5) is 0. The second kappa shape index (κ2) is 5.97. The Morgan fingerprint density at radius 3 is 2.81 bits per heavy atom. The third-order valence-electron chi connectivity index (χ3n) is 2.26. The van der Waals surface area contributed by atoms with Gasteiger partial charge in [-0.3, -0.25) is 5.10 Å². The smallest absolute Gasteiger partial charge is 0.211 e. The van der Waals surface area contributed by atoms with Crippen LogP contribution >= 0.6 is 0 Å². The molecule has 7 heteroatoms. The average molecular weight is 246 g/mol. The summed E-state index contributed by atoms with van der Waals surface area (Å²) in [7, 11) is -1.38. The molecule has 0 radical (unpaired) electrons. The van der Waals surface area contributed by atoms with Gasteiger partial charge in [0.05, 0.1) is 11.9 Å². The first-order valence-electron chi connectivity index (χ1n) is 5.16. The van der Waals surface area contributed by atoms with Gasteiger partial charge in [-0.15, -0.1) is 0 Å². The maximum atomic E-state index is 11.5. The number of nitrogens with zero attached hydrogens (tertiary/aromatic N) is 1. The predicted molar refractivity (Wildman–Crippen MR) is 62.5 cm³/mol. The number of rotatable bonds is 7. The monoisotopic (exact) mass is 246 g/mol. The molecule has 0 bridgehead atoms. The third kappa shape index (κ3) is 4.30. The van der Waals surface area contributed by atoms with Crippen molar-refractivity contribution in [3.63, 3.8) is 0 Å². The van der Waals surface area contributed by atoms with E-state index < -0.39 is 10.0 Å². The molecule has 0 aliphatic heterocycles. The normalized spacial score (nSPS) is 11.9. The number of H-pyrrole nitrogens is 1. The van der Waals surface area contributed by atoms with Crippen molar-refractivity contribution in [3.05, 3.63) is 17.5 Å². The van der Waals surface area contributed by atoms with E-state index in [0.717, 1.165) is 11.3 Å². The maximum absolute atomic E-state index is 11.5. The summed E-state index contributed by atoms with van der Waals surface area (Å²) in [6, 6.07) is 0. The standard InChI is InChI=1S/C9H18N4O2S/c1-8-9(6-11-13-8)7-12-16(14,15)5-3-4-10-2/h6,10,12H,3-5,7H2,1-2H3,(H,11,13). The van der Waals surface area contributed by atoms with E-state index in [0.29, 0.717) is 19.5 Å². The van der Waals surface area contributed by atoms with Gasteiger partial charge in [0, 0.05) is 17.8 Å². The summed E-state index contributed by atoms with van der Waals surface area (Å²) in [6.45, 7) is 2.85. The Hall–Kier alpha value is -0.920. The molecule has 16 heavy (non-hydrogen) atoms. The van der Waals surface area contributed by atoms with Gasteiger partial charge in [-0.25, -0.2) is 13.1 Å². The van der Waals surface area contributed by atoms with E-state index in [-0.39, 0.29) is 5.75 Å². The van der Waals surface area contributed by atoms with Crippen LogP contribution in [0.3, 0.4) is 0 Å². The Morgan fingerprint density at radius 2 is 2.25 bits per heavy atom. The first-order chi connectivity index (χ1) is 7.55. The van der Waals surface area contributed by atoms with Crippen molar-refractivity contribution >= 4 is 10.0 Å². The summed E-state index contributed by atoms with van der Waals surface area (Å²) in [5.41, 5.74) is 1.76. The van der Waals surface area contributed by atoms with E-state index in [2.05, 4.69) is 20.2 Å². The molecule has 0 spiro atoms. The van der Waals surface area contributed by atoms with Crippen LogP contribution in [0.25, 0.3) is 0 Å². The minimum atomic E-state index is -3.18. The minimum absolute atomic E-state index is 0.144. The van der Waals surface area contributed by atoms with E-state index in [1.165, 1.54) is 0 Å². The molecule has 1 rings (SSSR count). The van der Waals surface area contributed by atoms with Crippen molar-refractivity contribution in [3.8, 4) is 0 Å². The number of hydrogen-bond donors (Lipinski definition) is 3. The van der Waals surface area contributed by atoms with Crippen LogP contribution in [0.1, 0.15) is 17.7 Å². The molecule has 0 aromatic carbocycles. The lowest BCUT2D eigenvalue weighted by molar-refractivity contribution is 0.577. The van der Waals surface area contributed by atoms with Crippen LogP contribution in [-0.4, -0.2) is 38.0 Å². The van der Waals surface area contributed by atoms with Crippen molar-refractivity contribution < 1.29 is 8.42 Å². The van der Waals surface area contributed by atoms with Crippen molar-refractivity contribution in [2.75, 3.05) is 19.3 Å². The number of aromatic nitrogens is 2. The fourth-order valence-corrected chi connectivity index (χ4v) is 2.30. The van der Waals surface area contributed by atoms with E-state index in [1.54, 1.807) is 13.2 Å². The van der Waals surface area contributed by atoms with Gasteiger partial charge in [0.2, 0.25) is 10.0 Å². The molecule has 0 aliphatic rings. The Kier molecular flexibility index (Phi) is 4.91.